The van der Waals surface area contributed by atoms with Crippen LogP contribution in [0.4, 0.5) is 11.4 Å². The van der Waals surface area contributed by atoms with E-state index in [1.165, 1.54) is 16.9 Å². The van der Waals surface area contributed by atoms with Crippen LogP contribution in [0.25, 0.3) is 10.6 Å². The molecule has 2 aliphatic rings. The molecule has 1 saturated heterocycles. The molecule has 0 atom stereocenters. The number of anilines is 2. The van der Waals surface area contributed by atoms with Gasteiger partial charge in [0.25, 0.3) is 5.91 Å². The van der Waals surface area contributed by atoms with Crippen molar-refractivity contribution in [1.29, 1.82) is 0 Å². The van der Waals surface area contributed by atoms with Crippen LogP contribution >= 0.6 is 11.3 Å². The van der Waals surface area contributed by atoms with Gasteiger partial charge in [0.15, 0.2) is 0 Å². The normalized spacial score (nSPS) is 15.7. The second-order valence-electron chi connectivity index (χ2n) is 7.04. The monoisotopic (exact) mass is 407 g/mol. The fourth-order valence-electron chi connectivity index (χ4n) is 3.68. The molecule has 8 heteroatoms. The molecule has 1 fully saturated rings. The minimum Gasteiger partial charge on any atom is -0.493 e. The Hall–Kier alpha value is -2.97. The van der Waals surface area contributed by atoms with E-state index in [0.717, 1.165) is 61.2 Å². The quantitative estimate of drug-likeness (QED) is 0.692. The predicted molar refractivity (Wildman–Crippen MR) is 114 cm³/mol. The van der Waals surface area contributed by atoms with Crippen molar-refractivity contribution in [1.82, 2.24) is 15.3 Å². The zero-order chi connectivity index (χ0) is 19.6. The highest BCUT2D eigenvalue weighted by Gasteiger charge is 2.19. The summed E-state index contributed by atoms with van der Waals surface area (Å²) in [6, 6.07) is 8.02. The van der Waals surface area contributed by atoms with Gasteiger partial charge in [-0.3, -0.25) is 9.78 Å². The number of pyridine rings is 1. The molecule has 29 heavy (non-hydrogen) atoms. The molecule has 1 aromatic carbocycles. The molecule has 4 heterocycles. The first-order chi connectivity index (χ1) is 14.3. The molecule has 2 N–H and O–H groups in total. The van der Waals surface area contributed by atoms with Crippen molar-refractivity contribution in [3.05, 3.63) is 53.3 Å². The highest BCUT2D eigenvalue weighted by Crippen LogP contribution is 2.32. The fourth-order valence-corrected chi connectivity index (χ4v) is 4.48. The number of thiazole rings is 1. The third kappa shape index (κ3) is 3.68. The summed E-state index contributed by atoms with van der Waals surface area (Å²) >= 11 is 1.47. The van der Waals surface area contributed by atoms with Crippen molar-refractivity contribution in [2.45, 2.75) is 6.42 Å². The Labute approximate surface area is 172 Å². The minimum atomic E-state index is -0.221. The van der Waals surface area contributed by atoms with Crippen LogP contribution in [0.5, 0.6) is 5.75 Å². The summed E-state index contributed by atoms with van der Waals surface area (Å²) < 4.78 is 5.57. The average Bonchev–Trinajstić information content (AvgIpc) is 3.44. The second-order valence-corrected chi connectivity index (χ2v) is 7.90. The predicted octanol–water partition coefficient (Wildman–Crippen LogP) is 2.80. The summed E-state index contributed by atoms with van der Waals surface area (Å²) in [7, 11) is 0. The van der Waals surface area contributed by atoms with Gasteiger partial charge in [-0.1, -0.05) is 0 Å². The maximum atomic E-state index is 12.8. The van der Waals surface area contributed by atoms with Gasteiger partial charge in [-0.2, -0.15) is 0 Å². The van der Waals surface area contributed by atoms with Crippen molar-refractivity contribution in [3.8, 4) is 16.3 Å². The first-order valence-electron chi connectivity index (χ1n) is 9.70. The van der Waals surface area contributed by atoms with Crippen LogP contribution < -0.4 is 20.3 Å². The molecule has 0 saturated carbocycles. The molecule has 0 spiro atoms. The summed E-state index contributed by atoms with van der Waals surface area (Å²) in [5.74, 6) is 0.724. The molecule has 3 aromatic rings. The number of nitrogens with zero attached hydrogens (tertiary/aromatic N) is 3. The van der Waals surface area contributed by atoms with Crippen LogP contribution in [0.1, 0.15) is 16.1 Å². The molecule has 0 aliphatic carbocycles. The van der Waals surface area contributed by atoms with E-state index in [0.29, 0.717) is 11.4 Å². The maximum Gasteiger partial charge on any atom is 0.275 e. The van der Waals surface area contributed by atoms with Crippen molar-refractivity contribution in [2.75, 3.05) is 43.0 Å². The summed E-state index contributed by atoms with van der Waals surface area (Å²) in [5.41, 5.74) is 4.32. The Kier molecular flexibility index (Phi) is 4.87. The van der Waals surface area contributed by atoms with Gasteiger partial charge in [0.1, 0.15) is 16.5 Å². The van der Waals surface area contributed by atoms with Crippen molar-refractivity contribution >= 4 is 28.6 Å². The smallest absolute Gasteiger partial charge is 0.275 e. The molecule has 7 nitrogen and oxygen atoms in total. The number of ether oxygens (including phenoxy) is 1. The average molecular weight is 407 g/mol. The zero-order valence-corrected chi connectivity index (χ0v) is 16.7. The highest BCUT2D eigenvalue weighted by molar-refractivity contribution is 7.13. The van der Waals surface area contributed by atoms with Crippen LogP contribution in [-0.4, -0.2) is 48.7 Å². The number of carbonyl (C=O) groups excluding carboxylic acids is 1. The molecule has 148 valence electrons. The van der Waals surface area contributed by atoms with Crippen molar-refractivity contribution in [3.63, 3.8) is 0 Å². The van der Waals surface area contributed by atoms with Crippen LogP contribution in [0.3, 0.4) is 0 Å². The number of carbonyl (C=O) groups is 1. The van der Waals surface area contributed by atoms with Crippen LogP contribution in [-0.2, 0) is 6.42 Å². The fraction of sp³-hybridized carbons (Fsp3) is 0.286. The Bertz CT molecular complexity index is 1050. The first kappa shape index (κ1) is 18.1. The lowest BCUT2D eigenvalue weighted by Crippen LogP contribution is -2.43. The SMILES string of the molecule is O=C(Nc1cnccc1N1CCNCC1)c1csc(-c2ccc3c(c2)CCO3)n1. The molecule has 0 radical (unpaired) electrons. The third-order valence-electron chi connectivity index (χ3n) is 5.18. The molecular formula is C21H21N5O2S. The lowest BCUT2D eigenvalue weighted by atomic mass is 10.1. The molecule has 5 rings (SSSR count). The summed E-state index contributed by atoms with van der Waals surface area (Å²) in [5, 5.41) is 8.97. The number of rotatable bonds is 4. The van der Waals surface area contributed by atoms with Crippen LogP contribution in [0.2, 0.25) is 0 Å². The summed E-state index contributed by atoms with van der Waals surface area (Å²) in [4.78, 5) is 23.8. The molecule has 2 aromatic heterocycles. The van der Waals surface area contributed by atoms with Gasteiger partial charge in [-0.15, -0.1) is 11.3 Å². The van der Waals surface area contributed by atoms with E-state index >= 15 is 0 Å². The van der Waals surface area contributed by atoms with Gasteiger partial charge >= 0.3 is 0 Å². The number of aromatic nitrogens is 2. The number of benzene rings is 1. The van der Waals surface area contributed by atoms with Gasteiger partial charge in [0, 0.05) is 49.7 Å². The standard InChI is InChI=1S/C21H21N5O2S/c27-20(24-16-12-23-5-3-18(16)26-8-6-22-7-9-26)17-13-29-21(25-17)15-1-2-19-14(11-15)4-10-28-19/h1-3,5,11-13,22H,4,6-10H2,(H,24,27). The van der Waals surface area contributed by atoms with Crippen LogP contribution in [0.15, 0.2) is 42.0 Å². The zero-order valence-electron chi connectivity index (χ0n) is 15.9. The van der Waals surface area contributed by atoms with Crippen molar-refractivity contribution < 1.29 is 9.53 Å². The lowest BCUT2D eigenvalue weighted by molar-refractivity contribution is 0.102. The van der Waals surface area contributed by atoms with E-state index in [-0.39, 0.29) is 5.91 Å². The van der Waals surface area contributed by atoms with E-state index < -0.39 is 0 Å². The number of hydrogen-bond acceptors (Lipinski definition) is 7. The largest absolute Gasteiger partial charge is 0.493 e. The summed E-state index contributed by atoms with van der Waals surface area (Å²) in [6.45, 7) is 4.38. The highest BCUT2D eigenvalue weighted by atomic mass is 32.1. The van der Waals surface area contributed by atoms with Crippen LogP contribution in [0, 0.1) is 0 Å². The van der Waals surface area contributed by atoms with E-state index in [1.54, 1.807) is 17.8 Å². The third-order valence-corrected chi connectivity index (χ3v) is 6.07. The van der Waals surface area contributed by atoms with E-state index in [2.05, 4.69) is 31.6 Å². The van der Waals surface area contributed by atoms with E-state index in [9.17, 15) is 4.79 Å². The molecule has 1 amide bonds. The number of amides is 1. The Balaban J connectivity index is 1.35. The molecule has 0 bridgehead atoms. The number of fused-ring (bicyclic) bond motifs is 1. The van der Waals surface area contributed by atoms with E-state index in [1.807, 2.05) is 18.2 Å². The number of piperazine rings is 1. The van der Waals surface area contributed by atoms with Gasteiger partial charge in [-0.05, 0) is 29.8 Å². The Morgan fingerprint density at radius 1 is 1.24 bits per heavy atom. The molecular weight excluding hydrogens is 386 g/mol. The summed E-state index contributed by atoms with van der Waals surface area (Å²) in [6.07, 6.45) is 4.37. The van der Waals surface area contributed by atoms with Crippen molar-refractivity contribution in [2.24, 2.45) is 0 Å². The van der Waals surface area contributed by atoms with Gasteiger partial charge in [-0.25, -0.2) is 4.98 Å². The second kappa shape index (κ2) is 7.81. The minimum absolute atomic E-state index is 0.221. The first-order valence-corrected chi connectivity index (χ1v) is 10.6. The Morgan fingerprint density at radius 2 is 2.14 bits per heavy atom. The van der Waals surface area contributed by atoms with Gasteiger partial charge in [0.2, 0.25) is 0 Å². The van der Waals surface area contributed by atoms with Gasteiger partial charge < -0.3 is 20.3 Å². The van der Waals surface area contributed by atoms with Gasteiger partial charge in [0.05, 0.1) is 24.2 Å². The topological polar surface area (TPSA) is 79.4 Å². The number of nitrogens with one attached hydrogen (secondary N) is 2. The van der Waals surface area contributed by atoms with E-state index in [4.69, 9.17) is 4.74 Å². The Morgan fingerprint density at radius 3 is 3.03 bits per heavy atom. The number of hydrogen-bond donors (Lipinski definition) is 2. The molecule has 0 unspecified atom stereocenters. The lowest BCUT2D eigenvalue weighted by Gasteiger charge is -2.30. The molecule has 2 aliphatic heterocycles. The maximum absolute atomic E-state index is 12.8.